The second-order valence-electron chi connectivity index (χ2n) is 3.90. The molecule has 2 aromatic heterocycles. The van der Waals surface area contributed by atoms with Crippen molar-refractivity contribution in [1.82, 2.24) is 14.7 Å². The van der Waals surface area contributed by atoms with Gasteiger partial charge in [0.15, 0.2) is 12.1 Å². The van der Waals surface area contributed by atoms with Crippen LogP contribution in [0.5, 0.6) is 0 Å². The molecule has 0 spiro atoms. The molecule has 94 valence electrons. The second kappa shape index (κ2) is 4.87. The lowest BCUT2D eigenvalue weighted by Crippen LogP contribution is -2.33. The number of nitrogens with one attached hydrogen (secondary N) is 1. The van der Waals surface area contributed by atoms with Crippen LogP contribution in [0.3, 0.4) is 0 Å². The quantitative estimate of drug-likeness (QED) is 0.789. The number of carbonyl (C=O) groups is 2. The number of nitrogens with zero attached hydrogens (tertiary/aromatic N) is 3. The Morgan fingerprint density at radius 3 is 3.00 bits per heavy atom. The van der Waals surface area contributed by atoms with E-state index in [-0.39, 0.29) is 12.5 Å². The fourth-order valence-electron chi connectivity index (χ4n) is 1.76. The number of aromatic nitrogens is 2. The van der Waals surface area contributed by atoms with Crippen molar-refractivity contribution in [2.75, 3.05) is 25.5 Å². The normalized spacial score (nSPS) is 10.3. The summed E-state index contributed by atoms with van der Waals surface area (Å²) < 4.78 is 1.70. The third-order valence-electron chi connectivity index (χ3n) is 2.68. The zero-order valence-corrected chi connectivity index (χ0v) is 10.3. The monoisotopic (exact) mass is 246 g/mol. The molecule has 0 unspecified atom stereocenters. The zero-order valence-electron chi connectivity index (χ0n) is 10.3. The fourth-order valence-corrected chi connectivity index (χ4v) is 1.76. The summed E-state index contributed by atoms with van der Waals surface area (Å²) in [4.78, 5) is 28.5. The van der Waals surface area contributed by atoms with Crippen molar-refractivity contribution < 1.29 is 9.59 Å². The predicted molar refractivity (Wildman–Crippen MR) is 67.9 cm³/mol. The minimum absolute atomic E-state index is 0.133. The fraction of sp³-hybridized carbons (Fsp3) is 0.250. The molecule has 0 bridgehead atoms. The Balaban J connectivity index is 2.43. The van der Waals surface area contributed by atoms with Gasteiger partial charge in [-0.15, -0.1) is 0 Å². The second-order valence-corrected chi connectivity index (χ2v) is 3.90. The van der Waals surface area contributed by atoms with Crippen LogP contribution in [0.4, 0.5) is 5.82 Å². The van der Waals surface area contributed by atoms with Gasteiger partial charge in [0.05, 0.1) is 6.54 Å². The highest BCUT2D eigenvalue weighted by Crippen LogP contribution is 2.18. The molecule has 2 heterocycles. The van der Waals surface area contributed by atoms with Gasteiger partial charge in [0.25, 0.3) is 0 Å². The van der Waals surface area contributed by atoms with E-state index in [1.54, 1.807) is 29.6 Å². The Morgan fingerprint density at radius 2 is 2.33 bits per heavy atom. The Bertz CT molecular complexity index is 591. The van der Waals surface area contributed by atoms with Crippen molar-refractivity contribution in [2.24, 2.45) is 0 Å². The topological polar surface area (TPSA) is 66.7 Å². The number of imidazole rings is 1. The lowest BCUT2D eigenvalue weighted by atomic mass is 10.4. The van der Waals surface area contributed by atoms with Gasteiger partial charge in [0.1, 0.15) is 11.3 Å². The number of anilines is 1. The van der Waals surface area contributed by atoms with Gasteiger partial charge in [0.2, 0.25) is 5.91 Å². The van der Waals surface area contributed by atoms with Crippen LogP contribution in [0, 0.1) is 0 Å². The van der Waals surface area contributed by atoms with E-state index >= 15 is 0 Å². The van der Waals surface area contributed by atoms with Crippen molar-refractivity contribution >= 4 is 23.7 Å². The van der Waals surface area contributed by atoms with E-state index in [0.29, 0.717) is 17.2 Å². The molecular formula is C12H14N4O2. The number of hydrogen-bond donors (Lipinski definition) is 1. The summed E-state index contributed by atoms with van der Waals surface area (Å²) in [5.41, 5.74) is 1.12. The zero-order chi connectivity index (χ0) is 13.1. The van der Waals surface area contributed by atoms with Crippen molar-refractivity contribution in [3.63, 3.8) is 0 Å². The number of amides is 1. The lowest BCUT2D eigenvalue weighted by molar-refractivity contribution is -0.119. The van der Waals surface area contributed by atoms with E-state index < -0.39 is 0 Å². The largest absolute Gasteiger partial charge is 0.358 e. The van der Waals surface area contributed by atoms with Gasteiger partial charge < -0.3 is 10.2 Å². The number of rotatable bonds is 4. The third-order valence-corrected chi connectivity index (χ3v) is 2.68. The van der Waals surface area contributed by atoms with E-state index in [0.717, 1.165) is 6.29 Å². The smallest absolute Gasteiger partial charge is 0.239 e. The maximum Gasteiger partial charge on any atom is 0.239 e. The van der Waals surface area contributed by atoms with Gasteiger partial charge in [0, 0.05) is 20.3 Å². The van der Waals surface area contributed by atoms with Crippen LogP contribution in [0.2, 0.25) is 0 Å². The molecule has 0 saturated heterocycles. The van der Waals surface area contributed by atoms with Crippen molar-refractivity contribution in [1.29, 1.82) is 0 Å². The van der Waals surface area contributed by atoms with E-state index in [1.165, 1.54) is 0 Å². The Kier molecular flexibility index (Phi) is 3.27. The molecule has 1 amide bonds. The molecule has 2 aromatic rings. The van der Waals surface area contributed by atoms with Crippen LogP contribution in [0.15, 0.2) is 24.4 Å². The molecule has 1 N–H and O–H groups in total. The summed E-state index contributed by atoms with van der Waals surface area (Å²) >= 11 is 0. The van der Waals surface area contributed by atoms with Gasteiger partial charge in [-0.25, -0.2) is 4.98 Å². The Labute approximate surface area is 104 Å². The van der Waals surface area contributed by atoms with Crippen LogP contribution in [-0.2, 0) is 4.79 Å². The maximum atomic E-state index is 11.3. The minimum atomic E-state index is -0.133. The summed E-state index contributed by atoms with van der Waals surface area (Å²) in [6.07, 6.45) is 2.51. The molecule has 0 aliphatic carbocycles. The molecule has 2 rings (SSSR count). The van der Waals surface area contributed by atoms with Crippen LogP contribution in [0.1, 0.15) is 10.5 Å². The number of fused-ring (bicyclic) bond motifs is 1. The van der Waals surface area contributed by atoms with E-state index in [4.69, 9.17) is 0 Å². The van der Waals surface area contributed by atoms with E-state index in [2.05, 4.69) is 10.3 Å². The Hall–Kier alpha value is -2.37. The highest BCUT2D eigenvalue weighted by molar-refractivity contribution is 5.86. The molecule has 0 saturated carbocycles. The number of pyridine rings is 1. The Morgan fingerprint density at radius 1 is 1.56 bits per heavy atom. The molecule has 0 aliphatic rings. The summed E-state index contributed by atoms with van der Waals surface area (Å²) in [6.45, 7) is 0.154. The molecular weight excluding hydrogens is 232 g/mol. The standard InChI is InChI=1S/C12H14N4O2/c1-13-11(18)7-15(2)12-9(8-17)16-6-4-3-5-10(16)14-12/h3-6,8H,7H2,1-2H3,(H,13,18). The van der Waals surface area contributed by atoms with Gasteiger partial charge in [-0.1, -0.05) is 6.07 Å². The average Bonchev–Trinajstić information content (AvgIpc) is 2.77. The summed E-state index contributed by atoms with van der Waals surface area (Å²) in [5.74, 6) is 0.367. The average molecular weight is 246 g/mol. The van der Waals surface area contributed by atoms with Crippen molar-refractivity contribution in [3.8, 4) is 0 Å². The summed E-state index contributed by atoms with van der Waals surface area (Å²) in [6, 6.07) is 5.48. The first kappa shape index (κ1) is 12.1. The highest BCUT2D eigenvalue weighted by atomic mass is 16.2. The molecule has 6 nitrogen and oxygen atoms in total. The van der Waals surface area contributed by atoms with Gasteiger partial charge in [-0.2, -0.15) is 0 Å². The van der Waals surface area contributed by atoms with Crippen LogP contribution >= 0.6 is 0 Å². The third kappa shape index (κ3) is 2.04. The van der Waals surface area contributed by atoms with Gasteiger partial charge in [-0.05, 0) is 12.1 Å². The van der Waals surface area contributed by atoms with E-state index in [9.17, 15) is 9.59 Å². The first-order chi connectivity index (χ1) is 8.67. The molecule has 6 heteroatoms. The first-order valence-electron chi connectivity index (χ1n) is 5.51. The van der Waals surface area contributed by atoms with Crippen LogP contribution < -0.4 is 10.2 Å². The summed E-state index contributed by atoms with van der Waals surface area (Å²) in [5, 5.41) is 2.53. The molecule has 0 aromatic carbocycles. The molecule has 0 fully saturated rings. The molecule has 0 radical (unpaired) electrons. The lowest BCUT2D eigenvalue weighted by Gasteiger charge is -2.15. The van der Waals surface area contributed by atoms with Gasteiger partial charge >= 0.3 is 0 Å². The van der Waals surface area contributed by atoms with Crippen molar-refractivity contribution in [2.45, 2.75) is 0 Å². The van der Waals surface area contributed by atoms with Crippen LogP contribution in [0.25, 0.3) is 5.65 Å². The SMILES string of the molecule is CNC(=O)CN(C)c1nc2ccccn2c1C=O. The van der Waals surface area contributed by atoms with E-state index in [1.807, 2.05) is 18.2 Å². The molecule has 0 atom stereocenters. The van der Waals surface area contributed by atoms with Gasteiger partial charge in [-0.3, -0.25) is 14.0 Å². The number of hydrogen-bond acceptors (Lipinski definition) is 4. The number of likely N-dealkylation sites (N-methyl/N-ethyl adjacent to an activating group) is 2. The first-order valence-corrected chi connectivity index (χ1v) is 5.51. The highest BCUT2D eigenvalue weighted by Gasteiger charge is 2.16. The summed E-state index contributed by atoms with van der Waals surface area (Å²) in [7, 11) is 3.30. The molecule has 0 aliphatic heterocycles. The number of carbonyl (C=O) groups excluding carboxylic acids is 2. The maximum absolute atomic E-state index is 11.3. The predicted octanol–water partition coefficient (Wildman–Crippen LogP) is 0.329. The number of aldehydes is 1. The van der Waals surface area contributed by atoms with Crippen molar-refractivity contribution in [3.05, 3.63) is 30.1 Å². The van der Waals surface area contributed by atoms with Crippen LogP contribution in [-0.4, -0.2) is 42.2 Å². The minimum Gasteiger partial charge on any atom is -0.358 e. The molecule has 18 heavy (non-hydrogen) atoms.